The summed E-state index contributed by atoms with van der Waals surface area (Å²) in [6, 6.07) is 16.1. The van der Waals surface area contributed by atoms with Gasteiger partial charge < -0.3 is 99.4 Å². The molecule has 77 heavy (non-hydrogen) atoms. The fraction of sp³-hybridized carbons (Fsp3) is 0.585. The first kappa shape index (κ1) is 59.4. The number of hydrogen-bond donors (Lipinski definition) is 12. The van der Waals surface area contributed by atoms with Gasteiger partial charge in [-0.1, -0.05) is 31.7 Å². The number of carboxylic acid groups (broad SMARTS) is 1. The van der Waals surface area contributed by atoms with E-state index in [-0.39, 0.29) is 43.2 Å². The molecular weight excluding hydrogens is 1010 g/mol. The number of anilines is 1. The van der Waals surface area contributed by atoms with Crippen molar-refractivity contribution in [1.29, 1.82) is 0 Å². The smallest absolute Gasteiger partial charge is 0.336 e. The van der Waals surface area contributed by atoms with Gasteiger partial charge in [-0.2, -0.15) is 0 Å². The molecule has 24 heteroatoms. The number of carbonyl (C=O) groups is 3. The van der Waals surface area contributed by atoms with Crippen LogP contribution in [-0.2, 0) is 33.2 Å². The van der Waals surface area contributed by atoms with Crippen LogP contribution in [0.15, 0.2) is 59.0 Å². The van der Waals surface area contributed by atoms with Crippen LogP contribution in [0.1, 0.15) is 65.7 Å². The van der Waals surface area contributed by atoms with Gasteiger partial charge in [0.05, 0.1) is 31.5 Å². The number of unbranched alkanes of at least 4 members (excludes halogenated alkanes) is 5. The molecule has 0 bridgehead atoms. The van der Waals surface area contributed by atoms with Crippen molar-refractivity contribution in [2.45, 2.75) is 131 Å². The first-order valence-electron chi connectivity index (χ1n) is 25.8. The Balaban J connectivity index is 0.802. The van der Waals surface area contributed by atoms with E-state index in [0.717, 1.165) is 36.7 Å². The molecule has 1 aliphatic carbocycles. The zero-order valence-corrected chi connectivity index (χ0v) is 43.4. The van der Waals surface area contributed by atoms with Gasteiger partial charge in [0, 0.05) is 80.1 Å². The van der Waals surface area contributed by atoms with Crippen molar-refractivity contribution < 1.29 is 98.3 Å². The number of nitrogens with one attached hydrogen (secondary N) is 2. The summed E-state index contributed by atoms with van der Waals surface area (Å²) in [5.74, 6) is -1.31. The summed E-state index contributed by atoms with van der Waals surface area (Å²) < 4.78 is 41.8. The minimum atomic E-state index is -1.87. The zero-order valence-electron chi connectivity index (χ0n) is 43.4. The van der Waals surface area contributed by atoms with Gasteiger partial charge in [0.25, 0.3) is 5.91 Å². The number of hydrogen-bond acceptors (Lipinski definition) is 20. The number of carbonyl (C=O) groups excluding carboxylic acids is 2. The van der Waals surface area contributed by atoms with E-state index in [1.165, 1.54) is 6.07 Å². The van der Waals surface area contributed by atoms with E-state index in [4.69, 9.17) is 32.8 Å². The Morgan fingerprint density at radius 1 is 0.688 bits per heavy atom. The van der Waals surface area contributed by atoms with Crippen LogP contribution in [0, 0.1) is 0 Å². The number of benzene rings is 3. The average molecular weight is 1090 g/mol. The second kappa shape index (κ2) is 27.1. The SMILES string of the molecule is CN(C)c1ccc2c(-c3ccc(C(=O)NCCNC(=O)CCCCCCCCO[C@@H]4O[C@H](CO)[C@@H](O[C@@H]5O[C@H](CO)[C@H](O)[C@H](O[C@H]6OC[C@H](O)[C@H](O)[C@H]6O)[C@H]5O)[C@H](O)[C@H]4O)cc3C(=O)O)c3ccc(=[N+](C)C)cc-3oc2c1. The van der Waals surface area contributed by atoms with E-state index in [2.05, 4.69) is 10.6 Å². The molecule has 2 amide bonds. The largest absolute Gasteiger partial charge is 0.478 e. The Hall–Kier alpha value is -5.26. The second-order valence-corrected chi connectivity index (χ2v) is 19.9. The Labute approximate surface area is 443 Å². The molecule has 3 saturated heterocycles. The Morgan fingerprint density at radius 3 is 2.05 bits per heavy atom. The van der Waals surface area contributed by atoms with E-state index in [1.807, 2.05) is 74.1 Å². The number of rotatable bonds is 23. The number of nitrogens with zero attached hydrogens (tertiary/aromatic N) is 2. The van der Waals surface area contributed by atoms with Crippen LogP contribution in [0.2, 0.25) is 0 Å². The maximum Gasteiger partial charge on any atom is 0.336 e. The third-order valence-corrected chi connectivity index (χ3v) is 14.0. The molecule has 0 spiro atoms. The highest BCUT2D eigenvalue weighted by Crippen LogP contribution is 2.42. The normalized spacial score (nSPS) is 28.6. The summed E-state index contributed by atoms with van der Waals surface area (Å²) in [5.41, 5.74) is 3.36. The molecule has 4 heterocycles. The Bertz CT molecular complexity index is 2660. The van der Waals surface area contributed by atoms with Gasteiger partial charge in [-0.25, -0.2) is 9.37 Å². The Morgan fingerprint density at radius 2 is 1.35 bits per heavy atom. The average Bonchev–Trinajstić information content (AvgIpc) is 3.51. The van der Waals surface area contributed by atoms with Crippen LogP contribution < -0.4 is 25.5 Å². The molecular formula is C53H73N4O20+. The van der Waals surface area contributed by atoms with E-state index < -0.39 is 118 Å². The molecule has 2 aromatic rings. The fourth-order valence-corrected chi connectivity index (χ4v) is 9.55. The number of fused-ring (bicyclic) bond motifs is 2. The monoisotopic (exact) mass is 1090 g/mol. The summed E-state index contributed by atoms with van der Waals surface area (Å²) in [6.45, 7) is -1.55. The van der Waals surface area contributed by atoms with Crippen LogP contribution in [0.25, 0.3) is 33.4 Å². The van der Waals surface area contributed by atoms with E-state index in [1.54, 1.807) is 12.1 Å². The van der Waals surface area contributed by atoms with Crippen LogP contribution in [-0.4, -0.2) is 223 Å². The van der Waals surface area contributed by atoms with E-state index >= 15 is 0 Å². The summed E-state index contributed by atoms with van der Waals surface area (Å²) in [4.78, 5) is 40.6. The third-order valence-electron chi connectivity index (χ3n) is 14.0. The summed E-state index contributed by atoms with van der Waals surface area (Å²) in [6.07, 6.45) is -17.9. The van der Waals surface area contributed by atoms with Gasteiger partial charge in [-0.15, -0.1) is 0 Å². The van der Waals surface area contributed by atoms with Crippen LogP contribution >= 0.6 is 0 Å². The zero-order chi connectivity index (χ0) is 55.7. The van der Waals surface area contributed by atoms with Crippen molar-refractivity contribution in [2.75, 3.05) is 72.6 Å². The summed E-state index contributed by atoms with van der Waals surface area (Å²) in [7, 11) is 7.68. The summed E-state index contributed by atoms with van der Waals surface area (Å²) in [5, 5.41) is 112. The molecule has 424 valence electrons. The number of amides is 2. The maximum absolute atomic E-state index is 13.3. The molecule has 14 atom stereocenters. The molecule has 0 saturated carbocycles. The standard InChI is InChI=1S/C53H72N4O20/c1-56(2)28-13-16-31-35(22-28)73-36-23-29(57(3)4)14-17-32(36)40(31)30-15-12-27(21-33(30)50(69)70)49(68)55-19-18-54-39(61)11-9-7-5-6-8-10-20-71-51-45(66)43(64)47(38(25-59)75-51)76-53-46(67)48(42(63)37(24-58)74-53)77-52-44(65)41(62)34(60)26-72-52/h12-17,21-23,34,37-38,41-48,51-53,58-60,62-67H,5-11,18-20,24-26H2,1-4H3,(H2-,54,55,61,68,69,70)/p+1/t34-,37+,38+,41-,42-,43+,44+,45+,46+,47+,48-,51+,52+,53-/m0/s1. The number of aliphatic hydroxyl groups is 9. The third kappa shape index (κ3) is 14.1. The van der Waals surface area contributed by atoms with Gasteiger partial charge in [0.2, 0.25) is 11.3 Å². The lowest BCUT2D eigenvalue weighted by Gasteiger charge is -2.47. The lowest BCUT2D eigenvalue weighted by Crippen LogP contribution is -2.66. The molecule has 4 aliphatic heterocycles. The minimum Gasteiger partial charge on any atom is -0.478 e. The Kier molecular flexibility index (Phi) is 20.9. The number of aromatic carboxylic acids is 1. The van der Waals surface area contributed by atoms with Crippen molar-refractivity contribution in [3.63, 3.8) is 0 Å². The van der Waals surface area contributed by atoms with Gasteiger partial charge in [-0.05, 0) is 48.7 Å². The molecule has 3 fully saturated rings. The molecule has 0 unspecified atom stereocenters. The molecule has 12 N–H and O–H groups in total. The fourth-order valence-electron chi connectivity index (χ4n) is 9.55. The highest BCUT2D eigenvalue weighted by atomic mass is 16.8. The highest BCUT2D eigenvalue weighted by molar-refractivity contribution is 6.09. The number of ether oxygens (including phenoxy) is 6. The van der Waals surface area contributed by atoms with Crippen molar-refractivity contribution in [1.82, 2.24) is 15.2 Å². The first-order chi connectivity index (χ1) is 36.8. The molecule has 7 rings (SSSR count). The summed E-state index contributed by atoms with van der Waals surface area (Å²) >= 11 is 0. The van der Waals surface area contributed by atoms with E-state index in [9.17, 15) is 65.4 Å². The van der Waals surface area contributed by atoms with Gasteiger partial charge in [0.15, 0.2) is 18.9 Å². The van der Waals surface area contributed by atoms with Crippen LogP contribution in [0.5, 0.6) is 0 Å². The van der Waals surface area contributed by atoms with Crippen molar-refractivity contribution in [3.05, 3.63) is 71.1 Å². The van der Waals surface area contributed by atoms with Crippen LogP contribution in [0.4, 0.5) is 5.69 Å². The molecule has 0 aromatic heterocycles. The predicted molar refractivity (Wildman–Crippen MR) is 273 cm³/mol. The second-order valence-electron chi connectivity index (χ2n) is 19.9. The van der Waals surface area contributed by atoms with Crippen LogP contribution in [0.3, 0.4) is 0 Å². The van der Waals surface area contributed by atoms with E-state index in [0.29, 0.717) is 46.3 Å². The molecule has 2 aromatic carbocycles. The van der Waals surface area contributed by atoms with Gasteiger partial charge in [0.1, 0.15) is 92.6 Å². The molecule has 24 nitrogen and oxygen atoms in total. The lowest BCUT2D eigenvalue weighted by molar-refractivity contribution is -0.375. The number of carboxylic acids is 1. The minimum absolute atomic E-state index is 0.0576. The highest BCUT2D eigenvalue weighted by Gasteiger charge is 2.53. The van der Waals surface area contributed by atoms with Crippen molar-refractivity contribution in [2.24, 2.45) is 0 Å². The van der Waals surface area contributed by atoms with Crippen molar-refractivity contribution >= 4 is 34.4 Å². The topological polar surface area (TPSA) is 352 Å². The predicted octanol–water partition coefficient (Wildman–Crippen LogP) is -1.32. The van der Waals surface area contributed by atoms with Crippen molar-refractivity contribution in [3.8, 4) is 22.5 Å². The molecule has 5 aliphatic rings. The quantitative estimate of drug-likeness (QED) is 0.0233. The number of aliphatic hydroxyl groups excluding tert-OH is 9. The maximum atomic E-state index is 13.3. The molecule has 0 radical (unpaired) electrons. The first-order valence-corrected chi connectivity index (χ1v) is 25.8. The van der Waals surface area contributed by atoms with Gasteiger partial charge in [-0.3, -0.25) is 9.59 Å². The van der Waals surface area contributed by atoms with Gasteiger partial charge >= 0.3 is 5.97 Å². The lowest BCUT2D eigenvalue weighted by atomic mass is 9.89.